The maximum absolute atomic E-state index is 13.5. The molecule has 0 bridgehead atoms. The van der Waals surface area contributed by atoms with Crippen LogP contribution in [-0.2, 0) is 27.6 Å². The molecule has 7 nitrogen and oxygen atoms in total. The average molecular weight is 510 g/mol. The topological polar surface area (TPSA) is 89.5 Å². The van der Waals surface area contributed by atoms with Gasteiger partial charge in [0.25, 0.3) is 0 Å². The standard InChI is InChI=1S/C26H27N3O4S2/c1-17(2)35(31,32)21-11-9-19(10-12-21)15-23(30)29(16-20-7-5-6-14-27-20)26-28-24-22(33-4)13-8-18(3)25(24)34-26/h5-14,17H,15-16H2,1-4H3. The Hall–Kier alpha value is -3.30. The summed E-state index contributed by atoms with van der Waals surface area (Å²) >= 11 is 1.44. The zero-order valence-electron chi connectivity index (χ0n) is 20.1. The minimum Gasteiger partial charge on any atom is -0.494 e. The minimum absolute atomic E-state index is 0.0981. The fourth-order valence-electron chi connectivity index (χ4n) is 3.63. The molecular formula is C26H27N3O4S2. The van der Waals surface area contributed by atoms with E-state index in [4.69, 9.17) is 9.72 Å². The van der Waals surface area contributed by atoms with Gasteiger partial charge in [-0.2, -0.15) is 0 Å². The third kappa shape index (κ3) is 5.21. The summed E-state index contributed by atoms with van der Waals surface area (Å²) in [6.07, 6.45) is 1.79. The highest BCUT2D eigenvalue weighted by molar-refractivity contribution is 7.92. The molecular weight excluding hydrogens is 482 g/mol. The summed E-state index contributed by atoms with van der Waals surface area (Å²) in [5.74, 6) is 0.492. The fraction of sp³-hybridized carbons (Fsp3) is 0.269. The van der Waals surface area contributed by atoms with Crippen molar-refractivity contribution in [2.45, 2.75) is 43.9 Å². The second-order valence-corrected chi connectivity index (χ2v) is 12.0. The molecule has 0 unspecified atom stereocenters. The van der Waals surface area contributed by atoms with Crippen LogP contribution in [-0.4, -0.2) is 36.7 Å². The first-order chi connectivity index (χ1) is 16.7. The molecule has 182 valence electrons. The molecule has 1 amide bonds. The van der Waals surface area contributed by atoms with Crippen molar-refractivity contribution >= 4 is 42.4 Å². The molecule has 0 spiro atoms. The quantitative estimate of drug-likeness (QED) is 0.333. The average Bonchev–Trinajstić information content (AvgIpc) is 3.30. The van der Waals surface area contributed by atoms with Gasteiger partial charge in [0.1, 0.15) is 11.3 Å². The number of aryl methyl sites for hydroxylation is 1. The van der Waals surface area contributed by atoms with Gasteiger partial charge in [-0.25, -0.2) is 13.4 Å². The molecule has 9 heteroatoms. The summed E-state index contributed by atoms with van der Waals surface area (Å²) in [5, 5.41) is 0.0468. The number of nitrogens with zero attached hydrogens (tertiary/aromatic N) is 3. The summed E-state index contributed by atoms with van der Waals surface area (Å²) < 4.78 is 31.3. The van der Waals surface area contributed by atoms with Crippen LogP contribution in [0.1, 0.15) is 30.7 Å². The third-order valence-electron chi connectivity index (χ3n) is 5.72. The number of anilines is 1. The molecule has 0 aliphatic rings. The van der Waals surface area contributed by atoms with E-state index in [1.165, 1.54) is 11.3 Å². The number of pyridine rings is 1. The Balaban J connectivity index is 1.68. The largest absolute Gasteiger partial charge is 0.494 e. The van der Waals surface area contributed by atoms with Gasteiger partial charge < -0.3 is 4.74 Å². The van der Waals surface area contributed by atoms with Crippen LogP contribution in [0.15, 0.2) is 65.7 Å². The molecule has 0 aliphatic heterocycles. The number of methoxy groups -OCH3 is 1. The molecule has 0 aliphatic carbocycles. The smallest absolute Gasteiger partial charge is 0.233 e. The summed E-state index contributed by atoms with van der Waals surface area (Å²) in [6.45, 7) is 5.57. The van der Waals surface area contributed by atoms with Gasteiger partial charge in [-0.05, 0) is 62.2 Å². The van der Waals surface area contributed by atoms with E-state index in [1.807, 2.05) is 37.3 Å². The van der Waals surface area contributed by atoms with Crippen molar-refractivity contribution in [1.29, 1.82) is 0 Å². The van der Waals surface area contributed by atoms with E-state index in [-0.39, 0.29) is 23.8 Å². The van der Waals surface area contributed by atoms with Crippen LogP contribution in [0.5, 0.6) is 5.75 Å². The molecule has 0 atom stereocenters. The van der Waals surface area contributed by atoms with Crippen LogP contribution in [0.25, 0.3) is 10.2 Å². The zero-order chi connectivity index (χ0) is 25.2. The first-order valence-corrected chi connectivity index (χ1v) is 13.5. The molecule has 0 saturated carbocycles. The highest BCUT2D eigenvalue weighted by Gasteiger charge is 2.24. The number of thiazole rings is 1. The molecule has 4 aromatic rings. The maximum Gasteiger partial charge on any atom is 0.233 e. The predicted octanol–water partition coefficient (Wildman–Crippen LogP) is 4.97. The van der Waals surface area contributed by atoms with E-state index >= 15 is 0 Å². The number of fused-ring (bicyclic) bond motifs is 1. The van der Waals surface area contributed by atoms with Crippen LogP contribution in [0.4, 0.5) is 5.13 Å². The number of carbonyl (C=O) groups excluding carboxylic acids is 1. The molecule has 2 aromatic carbocycles. The Kier molecular flexibility index (Phi) is 7.18. The number of ether oxygens (including phenoxy) is 1. The van der Waals surface area contributed by atoms with Gasteiger partial charge in [-0.1, -0.05) is 35.6 Å². The molecule has 0 radical (unpaired) electrons. The normalized spacial score (nSPS) is 11.7. The van der Waals surface area contributed by atoms with Gasteiger partial charge in [0.15, 0.2) is 15.0 Å². The Morgan fingerprint density at radius 3 is 2.46 bits per heavy atom. The lowest BCUT2D eigenvalue weighted by Gasteiger charge is -2.20. The van der Waals surface area contributed by atoms with Gasteiger partial charge >= 0.3 is 0 Å². The minimum atomic E-state index is -3.37. The van der Waals surface area contributed by atoms with Crippen molar-refractivity contribution in [3.05, 3.63) is 77.6 Å². The highest BCUT2D eigenvalue weighted by atomic mass is 32.2. The van der Waals surface area contributed by atoms with Crippen molar-refractivity contribution in [3.63, 3.8) is 0 Å². The highest BCUT2D eigenvalue weighted by Crippen LogP contribution is 2.37. The number of amides is 1. The molecule has 0 saturated heterocycles. The van der Waals surface area contributed by atoms with E-state index in [0.29, 0.717) is 10.9 Å². The summed E-state index contributed by atoms with van der Waals surface area (Å²) in [4.78, 5) is 24.6. The van der Waals surface area contributed by atoms with Crippen molar-refractivity contribution in [1.82, 2.24) is 9.97 Å². The van der Waals surface area contributed by atoms with Gasteiger partial charge in [-0.15, -0.1) is 0 Å². The van der Waals surface area contributed by atoms with Crippen LogP contribution in [0.2, 0.25) is 0 Å². The Bertz CT molecular complexity index is 1450. The predicted molar refractivity (Wildman–Crippen MR) is 139 cm³/mol. The molecule has 2 aromatic heterocycles. The third-order valence-corrected chi connectivity index (χ3v) is 9.10. The van der Waals surface area contributed by atoms with E-state index < -0.39 is 15.1 Å². The van der Waals surface area contributed by atoms with Gasteiger partial charge in [0.05, 0.1) is 40.6 Å². The fourth-order valence-corrected chi connectivity index (χ4v) is 5.76. The van der Waals surface area contributed by atoms with Gasteiger partial charge in [0.2, 0.25) is 5.91 Å². The first kappa shape index (κ1) is 24.8. The number of hydrogen-bond donors (Lipinski definition) is 0. The van der Waals surface area contributed by atoms with Crippen LogP contribution >= 0.6 is 11.3 Å². The number of carbonyl (C=O) groups is 1. The van der Waals surface area contributed by atoms with E-state index in [1.54, 1.807) is 56.3 Å². The Morgan fingerprint density at radius 2 is 1.83 bits per heavy atom. The monoisotopic (exact) mass is 509 g/mol. The number of hydrogen-bond acceptors (Lipinski definition) is 7. The molecule has 0 N–H and O–H groups in total. The van der Waals surface area contributed by atoms with Crippen LogP contribution in [0.3, 0.4) is 0 Å². The van der Waals surface area contributed by atoms with Crippen molar-refractivity contribution in [2.75, 3.05) is 12.0 Å². The van der Waals surface area contributed by atoms with Crippen molar-refractivity contribution < 1.29 is 17.9 Å². The van der Waals surface area contributed by atoms with Crippen LogP contribution < -0.4 is 9.64 Å². The summed E-state index contributed by atoms with van der Waals surface area (Å²) in [7, 11) is -1.77. The van der Waals surface area contributed by atoms with Gasteiger partial charge in [0, 0.05) is 6.20 Å². The lowest BCUT2D eigenvalue weighted by Crippen LogP contribution is -2.32. The number of rotatable bonds is 8. The Labute approximate surface area is 209 Å². The van der Waals surface area contributed by atoms with Crippen molar-refractivity contribution in [2.24, 2.45) is 0 Å². The number of aromatic nitrogens is 2. The second kappa shape index (κ2) is 10.1. The van der Waals surface area contributed by atoms with E-state index in [9.17, 15) is 13.2 Å². The molecule has 0 fully saturated rings. The van der Waals surface area contributed by atoms with E-state index in [2.05, 4.69) is 4.98 Å². The van der Waals surface area contributed by atoms with Gasteiger partial charge in [-0.3, -0.25) is 14.7 Å². The summed E-state index contributed by atoms with van der Waals surface area (Å²) in [5.41, 5.74) is 3.23. The van der Waals surface area contributed by atoms with Crippen LogP contribution in [0, 0.1) is 6.92 Å². The number of benzene rings is 2. The SMILES string of the molecule is COc1ccc(C)c2sc(N(Cc3ccccn3)C(=O)Cc3ccc(S(=O)(=O)C(C)C)cc3)nc12. The van der Waals surface area contributed by atoms with Crippen molar-refractivity contribution in [3.8, 4) is 5.75 Å². The molecule has 35 heavy (non-hydrogen) atoms. The second-order valence-electron chi connectivity index (χ2n) is 8.47. The lowest BCUT2D eigenvalue weighted by atomic mass is 10.1. The lowest BCUT2D eigenvalue weighted by molar-refractivity contribution is -0.118. The Morgan fingerprint density at radius 1 is 1.09 bits per heavy atom. The summed E-state index contributed by atoms with van der Waals surface area (Å²) in [6, 6.07) is 15.9. The zero-order valence-corrected chi connectivity index (χ0v) is 21.7. The molecule has 4 rings (SSSR count). The number of sulfone groups is 1. The van der Waals surface area contributed by atoms with E-state index in [0.717, 1.165) is 27.0 Å². The molecule has 2 heterocycles. The first-order valence-electron chi connectivity index (χ1n) is 11.2. The maximum atomic E-state index is 13.5.